The molecule has 2 heterocycles. The Balaban J connectivity index is 1.90. The van der Waals surface area contributed by atoms with Gasteiger partial charge in [0.05, 0.1) is 17.9 Å². The van der Waals surface area contributed by atoms with Crippen LogP contribution in [0.5, 0.6) is 0 Å². The van der Waals surface area contributed by atoms with Crippen molar-refractivity contribution in [1.29, 1.82) is 0 Å². The minimum atomic E-state index is 0.513. The number of hydrogen-bond acceptors (Lipinski definition) is 4. The first-order valence-corrected chi connectivity index (χ1v) is 9.48. The second kappa shape index (κ2) is 7.13. The zero-order valence-corrected chi connectivity index (χ0v) is 16.4. The van der Waals surface area contributed by atoms with E-state index in [0.29, 0.717) is 6.54 Å². The normalized spacial score (nSPS) is 13.2. The largest absolute Gasteiger partial charge is 0.299 e. The highest BCUT2D eigenvalue weighted by Gasteiger charge is 2.23. The van der Waals surface area contributed by atoms with E-state index < -0.39 is 0 Å². The number of hydrogen-bond donors (Lipinski definition) is 0. The van der Waals surface area contributed by atoms with Crippen LogP contribution in [-0.2, 0) is 13.1 Å². The SMILES string of the molecule is CCN(C)Cc1nnc2n1-c1ccc(Br)cc1C(c1ccccc1)=NC2. The Hall–Kier alpha value is -2.31. The fourth-order valence-corrected chi connectivity index (χ4v) is 3.52. The van der Waals surface area contributed by atoms with Gasteiger partial charge in [0.25, 0.3) is 0 Å². The molecule has 1 aliphatic rings. The summed E-state index contributed by atoms with van der Waals surface area (Å²) in [5.41, 5.74) is 4.26. The summed E-state index contributed by atoms with van der Waals surface area (Å²) >= 11 is 3.61. The summed E-state index contributed by atoms with van der Waals surface area (Å²) in [6, 6.07) is 16.6. The van der Waals surface area contributed by atoms with Crippen LogP contribution in [0.3, 0.4) is 0 Å². The molecular formula is C20H20BrN5. The van der Waals surface area contributed by atoms with Gasteiger partial charge in [0.1, 0.15) is 6.54 Å². The van der Waals surface area contributed by atoms with Gasteiger partial charge in [-0.1, -0.05) is 53.2 Å². The zero-order valence-electron chi connectivity index (χ0n) is 14.9. The van der Waals surface area contributed by atoms with Crippen molar-refractivity contribution in [3.05, 3.63) is 75.8 Å². The van der Waals surface area contributed by atoms with Gasteiger partial charge in [0.2, 0.25) is 0 Å². The van der Waals surface area contributed by atoms with Crippen LogP contribution in [0.15, 0.2) is 58.0 Å². The molecule has 0 saturated carbocycles. The number of aromatic nitrogens is 3. The highest BCUT2D eigenvalue weighted by Crippen LogP contribution is 2.28. The highest BCUT2D eigenvalue weighted by atomic mass is 79.9. The van der Waals surface area contributed by atoms with Crippen LogP contribution in [0, 0.1) is 0 Å². The number of halogens is 1. The summed E-state index contributed by atoms with van der Waals surface area (Å²) in [4.78, 5) is 7.11. The third-order valence-corrected chi connectivity index (χ3v) is 5.12. The van der Waals surface area contributed by atoms with Gasteiger partial charge in [-0.25, -0.2) is 0 Å². The van der Waals surface area contributed by atoms with E-state index in [1.165, 1.54) is 0 Å². The van der Waals surface area contributed by atoms with Gasteiger partial charge in [-0.3, -0.25) is 14.5 Å². The van der Waals surface area contributed by atoms with Gasteiger partial charge in [-0.2, -0.15) is 0 Å². The molecule has 6 heteroatoms. The van der Waals surface area contributed by atoms with Crippen molar-refractivity contribution >= 4 is 21.6 Å². The van der Waals surface area contributed by atoms with E-state index in [2.05, 4.69) is 79.9 Å². The molecule has 4 rings (SSSR count). The van der Waals surface area contributed by atoms with Crippen LogP contribution in [0.2, 0.25) is 0 Å². The number of rotatable bonds is 4. The maximum atomic E-state index is 4.89. The Morgan fingerprint density at radius 3 is 2.69 bits per heavy atom. The molecule has 26 heavy (non-hydrogen) atoms. The first-order valence-electron chi connectivity index (χ1n) is 8.69. The average molecular weight is 410 g/mol. The maximum Gasteiger partial charge on any atom is 0.159 e. The highest BCUT2D eigenvalue weighted by molar-refractivity contribution is 9.10. The fourth-order valence-electron chi connectivity index (χ4n) is 3.16. The number of fused-ring (bicyclic) bond motifs is 3. The molecule has 0 amide bonds. The smallest absolute Gasteiger partial charge is 0.159 e. The molecule has 1 aliphatic heterocycles. The Kier molecular flexibility index (Phi) is 4.70. The predicted octanol–water partition coefficient (Wildman–Crippen LogP) is 3.83. The molecule has 0 unspecified atom stereocenters. The van der Waals surface area contributed by atoms with Crippen molar-refractivity contribution in [2.24, 2.45) is 4.99 Å². The average Bonchev–Trinajstić information content (AvgIpc) is 2.97. The van der Waals surface area contributed by atoms with Crippen molar-refractivity contribution in [1.82, 2.24) is 19.7 Å². The van der Waals surface area contributed by atoms with Gasteiger partial charge >= 0.3 is 0 Å². The number of aliphatic imine (C=N–C) groups is 1. The predicted molar refractivity (Wildman–Crippen MR) is 107 cm³/mol. The monoisotopic (exact) mass is 409 g/mol. The Labute approximate surface area is 161 Å². The lowest BCUT2D eigenvalue weighted by Gasteiger charge is -2.17. The summed E-state index contributed by atoms with van der Waals surface area (Å²) in [6.45, 7) is 4.36. The molecule has 2 aromatic carbocycles. The second-order valence-electron chi connectivity index (χ2n) is 6.39. The molecule has 1 aromatic heterocycles. The van der Waals surface area contributed by atoms with E-state index in [0.717, 1.165) is 51.7 Å². The van der Waals surface area contributed by atoms with E-state index in [-0.39, 0.29) is 0 Å². The maximum absolute atomic E-state index is 4.89. The molecule has 0 atom stereocenters. The summed E-state index contributed by atoms with van der Waals surface area (Å²) < 4.78 is 3.19. The van der Waals surface area contributed by atoms with Crippen LogP contribution in [0.1, 0.15) is 29.7 Å². The van der Waals surface area contributed by atoms with Crippen LogP contribution in [0.25, 0.3) is 5.69 Å². The molecule has 5 nitrogen and oxygen atoms in total. The summed E-state index contributed by atoms with van der Waals surface area (Å²) in [5, 5.41) is 8.86. The lowest BCUT2D eigenvalue weighted by molar-refractivity contribution is 0.333. The molecule has 0 fully saturated rings. The Morgan fingerprint density at radius 1 is 1.12 bits per heavy atom. The van der Waals surface area contributed by atoms with E-state index in [1.807, 2.05) is 18.2 Å². The van der Waals surface area contributed by atoms with Crippen LogP contribution < -0.4 is 0 Å². The third kappa shape index (κ3) is 3.10. The Bertz CT molecular complexity index is 962. The van der Waals surface area contributed by atoms with Crippen LogP contribution >= 0.6 is 15.9 Å². The van der Waals surface area contributed by atoms with E-state index in [1.54, 1.807) is 0 Å². The van der Waals surface area contributed by atoms with Crippen molar-refractivity contribution < 1.29 is 0 Å². The van der Waals surface area contributed by atoms with Crippen molar-refractivity contribution in [3.8, 4) is 5.69 Å². The van der Waals surface area contributed by atoms with Crippen molar-refractivity contribution in [2.75, 3.05) is 13.6 Å². The van der Waals surface area contributed by atoms with Gasteiger partial charge in [0, 0.05) is 15.6 Å². The van der Waals surface area contributed by atoms with E-state index in [4.69, 9.17) is 4.99 Å². The minimum absolute atomic E-state index is 0.513. The molecule has 3 aromatic rings. The molecular weight excluding hydrogens is 390 g/mol. The van der Waals surface area contributed by atoms with Crippen LogP contribution in [0.4, 0.5) is 0 Å². The van der Waals surface area contributed by atoms with Gasteiger partial charge in [-0.15, -0.1) is 10.2 Å². The lowest BCUT2D eigenvalue weighted by atomic mass is 10.0. The standard InChI is InChI=1S/C20H20BrN5/c1-3-25(2)13-19-24-23-18-12-22-20(14-7-5-4-6-8-14)16-11-15(21)9-10-17(16)26(18)19/h4-11H,3,12-13H2,1-2H3. The summed E-state index contributed by atoms with van der Waals surface area (Å²) in [5.74, 6) is 1.82. The molecule has 132 valence electrons. The lowest BCUT2D eigenvalue weighted by Crippen LogP contribution is -2.20. The first-order chi connectivity index (χ1) is 12.7. The quantitative estimate of drug-likeness (QED) is 0.657. The topological polar surface area (TPSA) is 46.3 Å². The molecule has 0 N–H and O–H groups in total. The van der Waals surface area contributed by atoms with Crippen LogP contribution in [-0.4, -0.2) is 39.0 Å². The molecule has 0 aliphatic carbocycles. The van der Waals surface area contributed by atoms with Gasteiger partial charge in [0.15, 0.2) is 11.6 Å². The van der Waals surface area contributed by atoms with Crippen molar-refractivity contribution in [2.45, 2.75) is 20.0 Å². The van der Waals surface area contributed by atoms with Gasteiger partial charge in [-0.05, 0) is 31.8 Å². The Morgan fingerprint density at radius 2 is 1.92 bits per heavy atom. The van der Waals surface area contributed by atoms with E-state index >= 15 is 0 Å². The van der Waals surface area contributed by atoms with E-state index in [9.17, 15) is 0 Å². The molecule has 0 saturated heterocycles. The van der Waals surface area contributed by atoms with Gasteiger partial charge < -0.3 is 0 Å². The molecule has 0 bridgehead atoms. The zero-order chi connectivity index (χ0) is 18.1. The minimum Gasteiger partial charge on any atom is -0.299 e. The summed E-state index contributed by atoms with van der Waals surface area (Å²) in [6.07, 6.45) is 0. The number of benzene rings is 2. The molecule has 0 radical (unpaired) electrons. The third-order valence-electron chi connectivity index (χ3n) is 4.63. The summed E-state index contributed by atoms with van der Waals surface area (Å²) in [7, 11) is 2.09. The molecule has 0 spiro atoms. The fraction of sp³-hybridized carbons (Fsp3) is 0.250. The van der Waals surface area contributed by atoms with Crippen molar-refractivity contribution in [3.63, 3.8) is 0 Å². The first kappa shape index (κ1) is 17.1. The number of nitrogens with zero attached hydrogens (tertiary/aromatic N) is 5. The second-order valence-corrected chi connectivity index (χ2v) is 7.31.